The van der Waals surface area contributed by atoms with Crippen LogP contribution < -0.4 is 0 Å². The predicted octanol–water partition coefficient (Wildman–Crippen LogP) is 5.34. The maximum absolute atomic E-state index is 12.5. The molecular formula is C17H11BrClNO2S. The highest BCUT2D eigenvalue weighted by Crippen LogP contribution is 2.33. The molecule has 2 aromatic carbocycles. The van der Waals surface area contributed by atoms with Gasteiger partial charge in [-0.2, -0.15) is 0 Å². The molecule has 1 heterocycles. The number of rotatable bonds is 3. The number of imide groups is 1. The normalized spacial score (nSPS) is 16.4. The molecule has 116 valence electrons. The third-order valence-corrected chi connectivity index (χ3v) is 4.95. The van der Waals surface area contributed by atoms with E-state index in [0.29, 0.717) is 9.93 Å². The third-order valence-electron chi connectivity index (χ3n) is 3.27. The summed E-state index contributed by atoms with van der Waals surface area (Å²) in [6.45, 7) is 0.269. The molecule has 1 aliphatic rings. The van der Waals surface area contributed by atoms with Crippen molar-refractivity contribution in [3.8, 4) is 0 Å². The summed E-state index contributed by atoms with van der Waals surface area (Å²) in [4.78, 5) is 26.2. The van der Waals surface area contributed by atoms with E-state index >= 15 is 0 Å². The van der Waals surface area contributed by atoms with Crippen molar-refractivity contribution in [1.82, 2.24) is 4.90 Å². The second-order valence-corrected chi connectivity index (χ2v) is 7.29. The first-order chi connectivity index (χ1) is 11.0. The van der Waals surface area contributed by atoms with Gasteiger partial charge in [0.1, 0.15) is 0 Å². The number of amides is 2. The maximum Gasteiger partial charge on any atom is 0.293 e. The van der Waals surface area contributed by atoms with Crippen LogP contribution in [0.3, 0.4) is 0 Å². The Labute approximate surface area is 151 Å². The molecule has 1 aliphatic heterocycles. The van der Waals surface area contributed by atoms with Gasteiger partial charge in [0.25, 0.3) is 11.1 Å². The van der Waals surface area contributed by atoms with E-state index in [2.05, 4.69) is 15.9 Å². The first kappa shape index (κ1) is 16.3. The predicted molar refractivity (Wildman–Crippen MR) is 97.1 cm³/mol. The van der Waals surface area contributed by atoms with E-state index in [4.69, 9.17) is 11.6 Å². The zero-order chi connectivity index (χ0) is 16.4. The Hall–Kier alpha value is -1.56. The summed E-state index contributed by atoms with van der Waals surface area (Å²) in [5.41, 5.74) is 1.70. The van der Waals surface area contributed by atoms with Gasteiger partial charge in [-0.05, 0) is 53.2 Å². The van der Waals surface area contributed by atoms with E-state index in [1.165, 1.54) is 4.90 Å². The molecule has 0 bridgehead atoms. The van der Waals surface area contributed by atoms with Crippen LogP contribution in [0.5, 0.6) is 0 Å². The van der Waals surface area contributed by atoms with Gasteiger partial charge in [0.15, 0.2) is 0 Å². The summed E-state index contributed by atoms with van der Waals surface area (Å²) in [5.74, 6) is -0.275. The molecule has 2 aromatic rings. The summed E-state index contributed by atoms with van der Waals surface area (Å²) < 4.78 is 0.955. The van der Waals surface area contributed by atoms with Gasteiger partial charge >= 0.3 is 0 Å². The van der Waals surface area contributed by atoms with Crippen LogP contribution in [0, 0.1) is 0 Å². The van der Waals surface area contributed by atoms with Gasteiger partial charge in [-0.25, -0.2) is 0 Å². The highest BCUT2D eigenvalue weighted by Gasteiger charge is 2.34. The maximum atomic E-state index is 12.5. The van der Waals surface area contributed by atoms with Crippen molar-refractivity contribution in [2.24, 2.45) is 0 Å². The van der Waals surface area contributed by atoms with E-state index in [1.807, 2.05) is 30.3 Å². The largest absolute Gasteiger partial charge is 0.293 e. The molecule has 6 heteroatoms. The summed E-state index contributed by atoms with van der Waals surface area (Å²) in [6.07, 6.45) is 1.69. The lowest BCUT2D eigenvalue weighted by molar-refractivity contribution is -0.123. The number of carbonyl (C=O) groups excluding carboxylic acids is 2. The molecule has 0 atom stereocenters. The molecule has 0 spiro atoms. The number of halogens is 2. The van der Waals surface area contributed by atoms with Gasteiger partial charge in [0.2, 0.25) is 0 Å². The number of hydrogen-bond acceptors (Lipinski definition) is 3. The van der Waals surface area contributed by atoms with Crippen molar-refractivity contribution in [3.63, 3.8) is 0 Å². The van der Waals surface area contributed by atoms with Crippen LogP contribution in [-0.2, 0) is 11.3 Å². The minimum Gasteiger partial charge on any atom is -0.268 e. The average molecular weight is 409 g/mol. The quantitative estimate of drug-likeness (QED) is 0.643. The second kappa shape index (κ2) is 6.91. The fraction of sp³-hybridized carbons (Fsp3) is 0.0588. The third kappa shape index (κ3) is 3.86. The van der Waals surface area contributed by atoms with E-state index in [0.717, 1.165) is 27.4 Å². The Morgan fingerprint density at radius 3 is 2.57 bits per heavy atom. The fourth-order valence-electron chi connectivity index (χ4n) is 2.16. The SMILES string of the molecule is O=C1S/C(=C/c2cccc(Cl)c2)C(=O)N1Cc1ccc(Br)cc1. The molecule has 2 amide bonds. The highest BCUT2D eigenvalue weighted by molar-refractivity contribution is 9.10. The van der Waals surface area contributed by atoms with Crippen LogP contribution in [0.1, 0.15) is 11.1 Å². The first-order valence-electron chi connectivity index (χ1n) is 6.78. The zero-order valence-electron chi connectivity index (χ0n) is 11.8. The standard InChI is InChI=1S/C17H11BrClNO2S/c18-13-6-4-11(5-7-13)10-20-16(21)15(23-17(20)22)9-12-2-1-3-14(19)8-12/h1-9H,10H2/b15-9+. The summed E-state index contributed by atoms with van der Waals surface area (Å²) in [7, 11) is 0. The average Bonchev–Trinajstić information content (AvgIpc) is 2.77. The summed E-state index contributed by atoms with van der Waals surface area (Å²) in [5, 5.41) is 0.332. The fourth-order valence-corrected chi connectivity index (χ4v) is 3.46. The van der Waals surface area contributed by atoms with Gasteiger partial charge in [-0.1, -0.05) is 51.8 Å². The molecule has 0 radical (unpaired) electrons. The van der Waals surface area contributed by atoms with Gasteiger partial charge < -0.3 is 0 Å². The van der Waals surface area contributed by atoms with Crippen LogP contribution in [0.2, 0.25) is 5.02 Å². The number of nitrogens with zero attached hydrogens (tertiary/aromatic N) is 1. The van der Waals surface area contributed by atoms with E-state index < -0.39 is 0 Å². The van der Waals surface area contributed by atoms with E-state index in [-0.39, 0.29) is 17.7 Å². The van der Waals surface area contributed by atoms with Gasteiger partial charge in [-0.3, -0.25) is 14.5 Å². The van der Waals surface area contributed by atoms with Gasteiger partial charge in [0, 0.05) is 9.50 Å². The van der Waals surface area contributed by atoms with Crippen molar-refractivity contribution in [2.75, 3.05) is 0 Å². The van der Waals surface area contributed by atoms with Crippen LogP contribution >= 0.6 is 39.3 Å². The number of hydrogen-bond donors (Lipinski definition) is 0. The molecule has 3 rings (SSSR count). The van der Waals surface area contributed by atoms with E-state index in [9.17, 15) is 9.59 Å². The Kier molecular flexibility index (Phi) is 4.90. The molecule has 23 heavy (non-hydrogen) atoms. The van der Waals surface area contributed by atoms with Crippen LogP contribution in [0.4, 0.5) is 4.79 Å². The van der Waals surface area contributed by atoms with Crippen LogP contribution in [-0.4, -0.2) is 16.0 Å². The lowest BCUT2D eigenvalue weighted by Gasteiger charge is -2.12. The minimum atomic E-state index is -0.275. The van der Waals surface area contributed by atoms with Crippen molar-refractivity contribution in [2.45, 2.75) is 6.54 Å². The molecule has 0 aromatic heterocycles. The second-order valence-electron chi connectivity index (χ2n) is 4.95. The van der Waals surface area contributed by atoms with Crippen molar-refractivity contribution in [1.29, 1.82) is 0 Å². The lowest BCUT2D eigenvalue weighted by atomic mass is 10.2. The van der Waals surface area contributed by atoms with Crippen molar-refractivity contribution < 1.29 is 9.59 Å². The smallest absolute Gasteiger partial charge is 0.268 e. The van der Waals surface area contributed by atoms with Crippen molar-refractivity contribution in [3.05, 3.63) is 74.1 Å². The highest BCUT2D eigenvalue weighted by atomic mass is 79.9. The zero-order valence-corrected chi connectivity index (χ0v) is 15.0. The van der Waals surface area contributed by atoms with Crippen LogP contribution in [0.25, 0.3) is 6.08 Å². The molecule has 0 N–H and O–H groups in total. The first-order valence-corrected chi connectivity index (χ1v) is 8.77. The molecule has 0 unspecified atom stereocenters. The molecule has 0 aliphatic carbocycles. The molecule has 1 saturated heterocycles. The summed E-state index contributed by atoms with van der Waals surface area (Å²) >= 11 is 10.3. The van der Waals surface area contributed by atoms with Gasteiger partial charge in [-0.15, -0.1) is 0 Å². The molecule has 3 nitrogen and oxygen atoms in total. The number of carbonyl (C=O) groups is 2. The van der Waals surface area contributed by atoms with Crippen LogP contribution in [0.15, 0.2) is 57.9 Å². The minimum absolute atomic E-state index is 0.258. The van der Waals surface area contributed by atoms with Gasteiger partial charge in [0.05, 0.1) is 11.4 Å². The number of thioether (sulfide) groups is 1. The number of benzene rings is 2. The topological polar surface area (TPSA) is 37.4 Å². The molecule has 0 saturated carbocycles. The van der Waals surface area contributed by atoms with E-state index in [1.54, 1.807) is 24.3 Å². The van der Waals surface area contributed by atoms with Crippen molar-refractivity contribution >= 4 is 56.5 Å². The Morgan fingerprint density at radius 2 is 1.87 bits per heavy atom. The lowest BCUT2D eigenvalue weighted by Crippen LogP contribution is -2.27. The molecular weight excluding hydrogens is 398 g/mol. The Bertz CT molecular complexity index is 804. The molecule has 1 fully saturated rings. The Balaban J connectivity index is 1.81. The Morgan fingerprint density at radius 1 is 1.13 bits per heavy atom. The monoisotopic (exact) mass is 407 g/mol. The summed E-state index contributed by atoms with van der Waals surface area (Å²) in [6, 6.07) is 14.7.